The summed E-state index contributed by atoms with van der Waals surface area (Å²) in [7, 11) is 0. The van der Waals surface area contributed by atoms with Gasteiger partial charge < -0.3 is 45.9 Å². The molecule has 0 heterocycles. The normalized spacial score (nSPS) is 11.0. The fourth-order valence-electron chi connectivity index (χ4n) is 5.70. The largest absolute Gasteiger partial charge is 0.379 e. The third-order valence-corrected chi connectivity index (χ3v) is 11.4. The zero-order chi connectivity index (χ0) is 46.2. The van der Waals surface area contributed by atoms with Crippen molar-refractivity contribution in [3.63, 3.8) is 0 Å². The molecular weight excluding hydrogens is 831 g/mol. The Morgan fingerprint density at radius 1 is 0.403 bits per heavy atom. The van der Waals surface area contributed by atoms with Crippen molar-refractivity contribution in [2.24, 2.45) is 5.73 Å². The van der Waals surface area contributed by atoms with Gasteiger partial charge in [-0.1, -0.05) is 125 Å². The molecule has 0 aliphatic heterocycles. The number of ether oxygens (including phenoxy) is 4. The van der Waals surface area contributed by atoms with Gasteiger partial charge in [-0.15, -0.1) is 23.5 Å². The molecule has 16 heteroatoms. The molecule has 366 valence electrons. The number of carbonyl (C=O) groups excluding carboxylic acids is 5. The van der Waals surface area contributed by atoms with E-state index < -0.39 is 0 Å². The number of nitrogens with one attached hydrogen (secondary N) is 4. The predicted molar refractivity (Wildman–Crippen MR) is 258 cm³/mol. The van der Waals surface area contributed by atoms with Crippen molar-refractivity contribution >= 4 is 53.1 Å². The van der Waals surface area contributed by atoms with Crippen molar-refractivity contribution in [1.29, 1.82) is 0 Å². The number of primary amides is 1. The van der Waals surface area contributed by atoms with Crippen molar-refractivity contribution < 1.29 is 42.9 Å². The van der Waals surface area contributed by atoms with Gasteiger partial charge in [0.25, 0.3) is 0 Å². The number of hydrogen-bond acceptors (Lipinski definition) is 11. The van der Waals surface area contributed by atoms with Gasteiger partial charge in [0, 0.05) is 45.4 Å². The van der Waals surface area contributed by atoms with E-state index in [2.05, 4.69) is 42.0 Å². The molecule has 0 unspecified atom stereocenters. The summed E-state index contributed by atoms with van der Waals surface area (Å²) >= 11 is 3.18. The van der Waals surface area contributed by atoms with Gasteiger partial charge in [0.1, 0.15) is 0 Å². The minimum absolute atomic E-state index is 0.0289. The molecule has 0 saturated carbocycles. The maximum absolute atomic E-state index is 12.0. The summed E-state index contributed by atoms with van der Waals surface area (Å²) in [6.45, 7) is 15.5. The molecule has 0 saturated heterocycles. The van der Waals surface area contributed by atoms with Crippen LogP contribution in [-0.2, 0) is 42.9 Å². The smallest absolute Gasteiger partial charge is 0.230 e. The average molecular weight is 922 g/mol. The topological polar surface area (TPSA) is 196 Å². The summed E-state index contributed by atoms with van der Waals surface area (Å²) in [4.78, 5) is 57.6. The van der Waals surface area contributed by atoms with E-state index >= 15 is 0 Å². The van der Waals surface area contributed by atoms with Crippen LogP contribution in [0.3, 0.4) is 0 Å². The molecule has 0 aromatic heterocycles. The van der Waals surface area contributed by atoms with Crippen LogP contribution in [0.4, 0.5) is 0 Å². The maximum Gasteiger partial charge on any atom is 0.230 e. The minimum atomic E-state index is -0.233. The first-order chi connectivity index (χ1) is 30.0. The molecular formula is C46H91N5O9S2. The summed E-state index contributed by atoms with van der Waals surface area (Å²) in [5, 5.41) is 12.3. The third-order valence-electron chi connectivity index (χ3n) is 9.19. The van der Waals surface area contributed by atoms with E-state index in [1.165, 1.54) is 83.5 Å². The van der Waals surface area contributed by atoms with E-state index in [0.29, 0.717) is 114 Å². The van der Waals surface area contributed by atoms with Gasteiger partial charge in [-0.05, 0) is 29.8 Å². The van der Waals surface area contributed by atoms with Crippen molar-refractivity contribution in [2.45, 2.75) is 174 Å². The van der Waals surface area contributed by atoms with Crippen molar-refractivity contribution in [2.75, 3.05) is 90.5 Å². The number of unbranched alkanes of at least 4 members (excludes halogenated alkanes) is 15. The van der Waals surface area contributed by atoms with Gasteiger partial charge in [0.05, 0.1) is 64.4 Å². The van der Waals surface area contributed by atoms with E-state index in [0.717, 1.165) is 25.7 Å². The Kier molecular flexibility index (Phi) is 49.9. The van der Waals surface area contributed by atoms with Gasteiger partial charge in [0.2, 0.25) is 29.5 Å². The summed E-state index contributed by atoms with van der Waals surface area (Å²) in [5.41, 5.74) is 4.88. The van der Waals surface area contributed by atoms with Gasteiger partial charge in [-0.2, -0.15) is 0 Å². The van der Waals surface area contributed by atoms with E-state index in [1.807, 2.05) is 13.8 Å². The van der Waals surface area contributed by atoms with E-state index in [1.54, 1.807) is 23.5 Å². The number of rotatable bonds is 45. The Morgan fingerprint density at radius 3 is 1.13 bits per heavy atom. The molecule has 14 nitrogen and oxygen atoms in total. The van der Waals surface area contributed by atoms with Crippen LogP contribution in [0.5, 0.6) is 0 Å². The van der Waals surface area contributed by atoms with Crippen LogP contribution in [0.15, 0.2) is 0 Å². The summed E-state index contributed by atoms with van der Waals surface area (Å²) in [6.07, 6.45) is 22.5. The van der Waals surface area contributed by atoms with Gasteiger partial charge in [-0.3, -0.25) is 24.0 Å². The second kappa shape index (κ2) is 49.9. The number of carbonyl (C=O) groups is 5. The van der Waals surface area contributed by atoms with Crippen molar-refractivity contribution in [3.8, 4) is 0 Å². The van der Waals surface area contributed by atoms with Crippen molar-refractivity contribution in [1.82, 2.24) is 21.3 Å². The van der Waals surface area contributed by atoms with Crippen molar-refractivity contribution in [3.05, 3.63) is 0 Å². The number of amides is 5. The molecule has 5 amide bonds. The molecule has 62 heavy (non-hydrogen) atoms. The average Bonchev–Trinajstić information content (AvgIpc) is 3.23. The Bertz CT molecular complexity index is 1060. The lowest BCUT2D eigenvalue weighted by Crippen LogP contribution is -2.29. The lowest BCUT2D eigenvalue weighted by molar-refractivity contribution is -0.123. The van der Waals surface area contributed by atoms with E-state index in [4.69, 9.17) is 24.7 Å². The van der Waals surface area contributed by atoms with Crippen LogP contribution in [0.25, 0.3) is 0 Å². The van der Waals surface area contributed by atoms with Gasteiger partial charge in [0.15, 0.2) is 0 Å². The highest BCUT2D eigenvalue weighted by Gasteiger charge is 2.06. The first-order valence-electron chi connectivity index (χ1n) is 23.9. The lowest BCUT2D eigenvalue weighted by atomic mass is 10.0. The van der Waals surface area contributed by atoms with Gasteiger partial charge in [-0.25, -0.2) is 0 Å². The molecule has 0 radical (unpaired) electrons. The van der Waals surface area contributed by atoms with Crippen LogP contribution in [0.1, 0.15) is 163 Å². The first kappa shape index (κ1) is 62.0. The fourth-order valence-corrected chi connectivity index (χ4v) is 6.78. The number of nitrogens with two attached hydrogens (primary N) is 1. The third kappa shape index (κ3) is 55.9. The van der Waals surface area contributed by atoms with E-state index in [-0.39, 0.29) is 36.0 Å². The number of hydrogen-bond donors (Lipinski definition) is 5. The highest BCUT2D eigenvalue weighted by atomic mass is 32.2. The maximum atomic E-state index is 12.0. The standard InChI is InChI=1S/C41H80N4O8S.C5H11NOS/c1-4-5-6-7-8-9-10-11-12-13-14-15-16-17-18-21-38(46)43-25-30-52-34-35-53-31-27-45-40(48)23-28-50-32-33-51-29-26-44-39(47)22-19-20-24-42-41(49)36-54-37(2)3;1-4(2)8-3-5(6)7/h37H,4-36H2,1-3H3,(H,42,49)(H,43,46)(H,44,47)(H,45,48);4H,3H2,1-2H3,(H2,6,7). The quantitative estimate of drug-likeness (QED) is 0.0391. The molecule has 0 aromatic carbocycles. The van der Waals surface area contributed by atoms with Crippen LogP contribution in [0, 0.1) is 0 Å². The molecule has 0 fully saturated rings. The molecule has 6 N–H and O–H groups in total. The molecule has 0 bridgehead atoms. The fraction of sp³-hybridized carbons (Fsp3) is 0.891. The predicted octanol–water partition coefficient (Wildman–Crippen LogP) is 7.09. The minimum Gasteiger partial charge on any atom is -0.379 e. The number of thioether (sulfide) groups is 2. The zero-order valence-electron chi connectivity index (χ0n) is 39.8. The van der Waals surface area contributed by atoms with Crippen LogP contribution in [-0.4, -0.2) is 131 Å². The SMILES string of the molecule is CC(C)SCC(N)=O.CCCCCCCCCCCCCCCCCC(=O)NCCOCCOCCNC(=O)CCOCCOCCNC(=O)CCCCNC(=O)CSC(C)C. The Morgan fingerprint density at radius 2 is 0.742 bits per heavy atom. The first-order valence-corrected chi connectivity index (χ1v) is 26.0. The summed E-state index contributed by atoms with van der Waals surface area (Å²) in [5.74, 6) is 0.677. The Hall–Kier alpha value is -2.11. The second-order valence-electron chi connectivity index (χ2n) is 15.9. The lowest BCUT2D eigenvalue weighted by Gasteiger charge is -2.09. The van der Waals surface area contributed by atoms with E-state index in [9.17, 15) is 24.0 Å². The highest BCUT2D eigenvalue weighted by molar-refractivity contribution is 8.00. The summed E-state index contributed by atoms with van der Waals surface area (Å²) in [6, 6.07) is 0. The van der Waals surface area contributed by atoms with Crippen LogP contribution < -0.4 is 27.0 Å². The van der Waals surface area contributed by atoms with Gasteiger partial charge >= 0.3 is 0 Å². The molecule has 0 rings (SSSR count). The molecule has 0 spiro atoms. The highest BCUT2D eigenvalue weighted by Crippen LogP contribution is 2.14. The summed E-state index contributed by atoms with van der Waals surface area (Å²) < 4.78 is 21.9. The molecule has 0 aliphatic rings. The molecule has 0 aromatic rings. The Balaban J connectivity index is 0. The van der Waals surface area contributed by atoms with Crippen LogP contribution in [0.2, 0.25) is 0 Å². The molecule has 0 atom stereocenters. The zero-order valence-corrected chi connectivity index (χ0v) is 41.4. The Labute approximate surface area is 385 Å². The monoisotopic (exact) mass is 922 g/mol. The second-order valence-corrected chi connectivity index (χ2v) is 19.1. The van der Waals surface area contributed by atoms with Crippen LogP contribution >= 0.6 is 23.5 Å². The molecule has 0 aliphatic carbocycles.